The molecule has 0 heterocycles. The lowest BCUT2D eigenvalue weighted by atomic mass is 9.55. The predicted octanol–water partition coefficient (Wildman–Crippen LogP) is 16.4. The van der Waals surface area contributed by atoms with Crippen LogP contribution in [0.25, 0.3) is 0 Å². The van der Waals surface area contributed by atoms with E-state index in [1.165, 1.54) is 36.8 Å². The van der Waals surface area contributed by atoms with Crippen molar-refractivity contribution in [3.05, 3.63) is 46.6 Å². The van der Waals surface area contributed by atoms with Gasteiger partial charge in [0.25, 0.3) is 0 Å². The van der Waals surface area contributed by atoms with E-state index in [1.54, 1.807) is 13.8 Å². The van der Waals surface area contributed by atoms with E-state index < -0.39 is 0 Å². The number of Topliss-reactive ketones (excluding diaryl/α,β-unsaturated/α-hetero) is 4. The third kappa shape index (κ3) is 16.6. The van der Waals surface area contributed by atoms with Crippen LogP contribution in [0.5, 0.6) is 0 Å². The molecule has 0 N–H and O–H groups in total. The van der Waals surface area contributed by atoms with Gasteiger partial charge in [0.1, 0.15) is 17.3 Å². The predicted molar refractivity (Wildman–Crippen MR) is 268 cm³/mol. The van der Waals surface area contributed by atoms with E-state index in [1.807, 2.05) is 6.92 Å². The Kier molecular flexibility index (Phi) is 22.5. The highest BCUT2D eigenvalue weighted by Gasteiger charge is 2.46. The monoisotopic (exact) mass is 861 g/mol. The standard InChI is InChI=1S/2C15H28O.2C14H22O/c1-10-7-8-12(3)15(5,6)14(10)11(2)9-13(4)16;1-10(2)9-13(16)14-11(3)7-8-12(4)15(14,5)6;1-10-7-6-8-14(4,5)13(10)11(2)9-12(3)15;1-10(2)9-12(15)13-11(3)7-6-8-14(13,4)5/h2*10-12,14H,7-9H2,1-6H3;6-7,11H,8-9H2,1-5H3;6-7,10H,8-9H2,1-5H3. The molecule has 0 spiro atoms. The quantitative estimate of drug-likeness (QED) is 0.196. The lowest BCUT2D eigenvalue weighted by Gasteiger charge is -2.50. The summed E-state index contributed by atoms with van der Waals surface area (Å²) in [6, 6.07) is 0. The second kappa shape index (κ2) is 24.2. The van der Waals surface area contributed by atoms with Gasteiger partial charge in [-0.05, 0) is 140 Å². The summed E-state index contributed by atoms with van der Waals surface area (Å²) in [4.78, 5) is 47.0. The molecule has 4 aliphatic rings. The minimum absolute atomic E-state index is 0.0187. The van der Waals surface area contributed by atoms with Gasteiger partial charge in [-0.3, -0.25) is 9.59 Å². The molecule has 4 heteroatoms. The van der Waals surface area contributed by atoms with Crippen LogP contribution in [-0.2, 0) is 19.2 Å². The largest absolute Gasteiger partial charge is 0.300 e. The normalized spacial score (nSPS) is 28.1. The first-order valence-corrected chi connectivity index (χ1v) is 25.0. The van der Waals surface area contributed by atoms with Gasteiger partial charge in [-0.25, -0.2) is 0 Å². The van der Waals surface area contributed by atoms with Crippen molar-refractivity contribution < 1.29 is 19.2 Å². The zero-order valence-electron chi connectivity index (χ0n) is 44.8. The molecule has 2 fully saturated rings. The summed E-state index contributed by atoms with van der Waals surface area (Å²) >= 11 is 0. The first kappa shape index (κ1) is 57.7. The zero-order valence-corrected chi connectivity index (χ0v) is 44.8. The first-order valence-electron chi connectivity index (χ1n) is 25.0. The topological polar surface area (TPSA) is 68.3 Å². The first-order chi connectivity index (χ1) is 28.2. The average Bonchev–Trinajstić information content (AvgIpc) is 3.07. The van der Waals surface area contributed by atoms with Crippen LogP contribution in [0, 0.1) is 80.8 Å². The summed E-state index contributed by atoms with van der Waals surface area (Å²) in [5.74, 6) is 7.06. The Morgan fingerprint density at radius 3 is 1.48 bits per heavy atom. The lowest BCUT2D eigenvalue weighted by molar-refractivity contribution is -0.133. The Hall–Kier alpha value is -2.36. The summed E-state index contributed by atoms with van der Waals surface area (Å²) < 4.78 is 0. The number of carbonyl (C=O) groups is 4. The summed E-state index contributed by atoms with van der Waals surface area (Å²) in [6.07, 6.45) is 18.8. The van der Waals surface area contributed by atoms with Gasteiger partial charge in [0.15, 0.2) is 5.78 Å². The average molecular weight is 861 g/mol. The fraction of sp³-hybridized carbons (Fsp3) is 0.793. The molecule has 0 aromatic heterocycles. The van der Waals surface area contributed by atoms with Gasteiger partial charge in [-0.15, -0.1) is 0 Å². The van der Waals surface area contributed by atoms with Crippen LogP contribution in [-0.4, -0.2) is 23.1 Å². The van der Waals surface area contributed by atoms with E-state index in [0.29, 0.717) is 77.0 Å². The minimum atomic E-state index is 0.0187. The number of rotatable bonds is 12. The third-order valence-corrected chi connectivity index (χ3v) is 15.8. The molecular weight excluding hydrogens is 761 g/mol. The number of hydrogen-bond donors (Lipinski definition) is 0. The SMILES string of the molecule is CC(=O)CC(C)C1=C(C)C=CCC1(C)C.CC(=O)CC(C)C1C(C)CCC(C)C1(C)C.CC(C)CC(=O)C1C(C)CCC(C)C1(C)C.CC1=C(C(=O)CC(C)C)C(C)(C)CC=C1. The van der Waals surface area contributed by atoms with Crippen LogP contribution in [0.15, 0.2) is 46.6 Å². The van der Waals surface area contributed by atoms with Crippen molar-refractivity contribution >= 4 is 23.1 Å². The summed E-state index contributed by atoms with van der Waals surface area (Å²) in [6.45, 7) is 48.1. The van der Waals surface area contributed by atoms with E-state index in [9.17, 15) is 19.2 Å². The van der Waals surface area contributed by atoms with Gasteiger partial charge >= 0.3 is 0 Å². The Morgan fingerprint density at radius 1 is 0.581 bits per heavy atom. The van der Waals surface area contributed by atoms with Gasteiger partial charge < -0.3 is 9.59 Å². The van der Waals surface area contributed by atoms with Crippen molar-refractivity contribution in [2.24, 2.45) is 80.8 Å². The van der Waals surface area contributed by atoms with E-state index in [2.05, 4.69) is 156 Å². The van der Waals surface area contributed by atoms with Gasteiger partial charge in [0, 0.05) is 37.2 Å². The molecule has 8 atom stereocenters. The second-order valence-electron chi connectivity index (χ2n) is 24.5. The lowest BCUT2D eigenvalue weighted by Crippen LogP contribution is -2.44. The van der Waals surface area contributed by atoms with Crippen LogP contribution in [0.1, 0.15) is 217 Å². The maximum atomic E-state index is 12.4. The van der Waals surface area contributed by atoms with Crippen molar-refractivity contribution in [1.82, 2.24) is 0 Å². The zero-order chi connectivity index (χ0) is 48.3. The van der Waals surface area contributed by atoms with E-state index >= 15 is 0 Å². The molecule has 0 amide bonds. The van der Waals surface area contributed by atoms with Crippen LogP contribution in [0.2, 0.25) is 0 Å². The maximum Gasteiger partial charge on any atom is 0.159 e. The van der Waals surface area contributed by atoms with Gasteiger partial charge in [-0.1, -0.05) is 166 Å². The number of carbonyl (C=O) groups excluding carboxylic acids is 4. The van der Waals surface area contributed by atoms with Crippen LogP contribution in [0.4, 0.5) is 0 Å². The van der Waals surface area contributed by atoms with E-state index in [0.717, 1.165) is 48.7 Å². The smallest absolute Gasteiger partial charge is 0.159 e. The van der Waals surface area contributed by atoms with Gasteiger partial charge in [0.05, 0.1) is 0 Å². The maximum absolute atomic E-state index is 12.4. The molecule has 356 valence electrons. The molecule has 62 heavy (non-hydrogen) atoms. The van der Waals surface area contributed by atoms with Crippen LogP contribution in [0.3, 0.4) is 0 Å². The Labute approximate surface area is 384 Å². The van der Waals surface area contributed by atoms with Crippen molar-refractivity contribution in [2.45, 2.75) is 217 Å². The summed E-state index contributed by atoms with van der Waals surface area (Å²) in [5.41, 5.74) is 5.80. The molecule has 0 radical (unpaired) electrons. The molecule has 0 bridgehead atoms. The molecule has 0 aliphatic heterocycles. The van der Waals surface area contributed by atoms with Gasteiger partial charge in [0.2, 0.25) is 0 Å². The van der Waals surface area contributed by atoms with Crippen molar-refractivity contribution in [1.29, 1.82) is 0 Å². The highest BCUT2D eigenvalue weighted by molar-refractivity contribution is 5.98. The number of hydrogen-bond acceptors (Lipinski definition) is 4. The minimum Gasteiger partial charge on any atom is -0.300 e. The molecular formula is C58H100O4. The molecule has 0 aromatic carbocycles. The molecule has 4 rings (SSSR count). The second-order valence-corrected chi connectivity index (χ2v) is 24.5. The molecule has 2 saturated carbocycles. The molecule has 4 nitrogen and oxygen atoms in total. The molecule has 8 unspecified atom stereocenters. The van der Waals surface area contributed by atoms with Crippen molar-refractivity contribution in [2.75, 3.05) is 0 Å². The van der Waals surface area contributed by atoms with Crippen LogP contribution < -0.4 is 0 Å². The highest BCUT2D eigenvalue weighted by Crippen LogP contribution is 2.52. The van der Waals surface area contributed by atoms with Crippen LogP contribution >= 0.6 is 0 Å². The summed E-state index contributed by atoms with van der Waals surface area (Å²) in [7, 11) is 0. The highest BCUT2D eigenvalue weighted by atomic mass is 16.1. The number of ketones is 4. The third-order valence-electron chi connectivity index (χ3n) is 15.8. The molecule has 4 aliphatic carbocycles. The van der Waals surface area contributed by atoms with E-state index in [4.69, 9.17) is 0 Å². The van der Waals surface area contributed by atoms with Crippen molar-refractivity contribution in [3.63, 3.8) is 0 Å². The fourth-order valence-corrected chi connectivity index (χ4v) is 12.5. The Bertz CT molecular complexity index is 1620. The molecule has 0 aromatic rings. The Balaban J connectivity index is 0.000000414. The summed E-state index contributed by atoms with van der Waals surface area (Å²) in [5, 5.41) is 0. The fourth-order valence-electron chi connectivity index (χ4n) is 12.5. The van der Waals surface area contributed by atoms with Crippen molar-refractivity contribution in [3.8, 4) is 0 Å². The number of allylic oxidation sites excluding steroid dienone is 8. The molecule has 0 saturated heterocycles. The van der Waals surface area contributed by atoms with Gasteiger partial charge in [-0.2, -0.15) is 0 Å². The van der Waals surface area contributed by atoms with E-state index in [-0.39, 0.29) is 27.9 Å². The Morgan fingerprint density at radius 2 is 1.03 bits per heavy atom.